The lowest BCUT2D eigenvalue weighted by Gasteiger charge is -2.32. The van der Waals surface area contributed by atoms with Crippen LogP contribution in [0.2, 0.25) is 0 Å². The average Bonchev–Trinajstić information content (AvgIpc) is 3.00. The Bertz CT molecular complexity index is 523. The quantitative estimate of drug-likeness (QED) is 0.832. The largest absolute Gasteiger partial charge is 0.350 e. The van der Waals surface area contributed by atoms with Gasteiger partial charge in [0.2, 0.25) is 0 Å². The van der Waals surface area contributed by atoms with Gasteiger partial charge in [0, 0.05) is 12.6 Å². The zero-order valence-corrected chi connectivity index (χ0v) is 13.3. The van der Waals surface area contributed by atoms with E-state index in [4.69, 9.17) is 5.73 Å². The second kappa shape index (κ2) is 8.18. The number of hydrogen-bond acceptors (Lipinski definition) is 4. The molecule has 0 aliphatic carbocycles. The van der Waals surface area contributed by atoms with Crippen LogP contribution in [0.15, 0.2) is 12.1 Å². The maximum atomic E-state index is 12.1. The van der Waals surface area contributed by atoms with Gasteiger partial charge in [-0.25, -0.2) is 0 Å². The van der Waals surface area contributed by atoms with Gasteiger partial charge in [-0.15, -0.1) is 11.3 Å². The molecule has 1 aliphatic rings. The summed E-state index contributed by atoms with van der Waals surface area (Å²) in [6.07, 6.45) is 3.87. The van der Waals surface area contributed by atoms with Crippen LogP contribution in [0.25, 0.3) is 0 Å². The van der Waals surface area contributed by atoms with Crippen molar-refractivity contribution >= 4 is 17.2 Å². The highest BCUT2D eigenvalue weighted by Gasteiger charge is 2.17. The van der Waals surface area contributed by atoms with Gasteiger partial charge in [0.1, 0.15) is 0 Å². The molecule has 1 aliphatic heterocycles. The standard InChI is InChI=1S/C16H23N3OS/c1-13(19-10-3-2-4-11-19)12-18-16(20)15-8-7-14(21-15)6-5-9-17/h7-8,13H,2-4,9-12,17H2,1H3,(H,18,20). The monoisotopic (exact) mass is 305 g/mol. The van der Waals surface area contributed by atoms with Crippen LogP contribution in [0.3, 0.4) is 0 Å². The Morgan fingerprint density at radius 2 is 2.19 bits per heavy atom. The van der Waals surface area contributed by atoms with E-state index in [2.05, 4.69) is 29.0 Å². The molecular formula is C16H23N3OS. The van der Waals surface area contributed by atoms with E-state index < -0.39 is 0 Å². The molecule has 0 radical (unpaired) electrons. The molecule has 1 saturated heterocycles. The first-order chi connectivity index (χ1) is 10.2. The highest BCUT2D eigenvalue weighted by molar-refractivity contribution is 7.14. The van der Waals surface area contributed by atoms with Crippen LogP contribution in [0.1, 0.15) is 40.7 Å². The van der Waals surface area contributed by atoms with E-state index in [1.165, 1.54) is 30.6 Å². The van der Waals surface area contributed by atoms with Crippen molar-refractivity contribution in [3.63, 3.8) is 0 Å². The molecule has 2 rings (SSSR count). The molecule has 0 saturated carbocycles. The first-order valence-electron chi connectivity index (χ1n) is 7.51. The van der Waals surface area contributed by atoms with Crippen molar-refractivity contribution < 1.29 is 4.79 Å². The summed E-state index contributed by atoms with van der Waals surface area (Å²) in [5.74, 6) is 5.74. The van der Waals surface area contributed by atoms with E-state index in [-0.39, 0.29) is 5.91 Å². The molecule has 114 valence electrons. The lowest BCUT2D eigenvalue weighted by Crippen LogP contribution is -2.44. The molecule has 1 fully saturated rings. The predicted octanol–water partition coefficient (Wildman–Crippen LogP) is 1.66. The SMILES string of the molecule is CC(CNC(=O)c1ccc(C#CCN)s1)N1CCCCC1. The Kier molecular flexibility index (Phi) is 6.24. The number of amides is 1. The van der Waals surface area contributed by atoms with E-state index in [0.29, 0.717) is 24.0 Å². The molecule has 1 unspecified atom stereocenters. The Morgan fingerprint density at radius 1 is 1.43 bits per heavy atom. The van der Waals surface area contributed by atoms with Crippen LogP contribution < -0.4 is 11.1 Å². The molecule has 3 N–H and O–H groups in total. The van der Waals surface area contributed by atoms with Crippen LogP contribution in [0.4, 0.5) is 0 Å². The fourth-order valence-electron chi connectivity index (χ4n) is 2.48. The number of nitrogens with two attached hydrogens (primary N) is 1. The summed E-state index contributed by atoms with van der Waals surface area (Å²) < 4.78 is 0. The molecule has 1 amide bonds. The summed E-state index contributed by atoms with van der Waals surface area (Å²) in [6.45, 7) is 5.51. The summed E-state index contributed by atoms with van der Waals surface area (Å²) in [5.41, 5.74) is 5.34. The Balaban J connectivity index is 1.82. The normalized spacial score (nSPS) is 16.9. The van der Waals surface area contributed by atoms with E-state index in [1.807, 2.05) is 12.1 Å². The Morgan fingerprint density at radius 3 is 2.90 bits per heavy atom. The summed E-state index contributed by atoms with van der Waals surface area (Å²) in [7, 11) is 0. The van der Waals surface area contributed by atoms with Crippen molar-refractivity contribution in [3.05, 3.63) is 21.9 Å². The summed E-state index contributed by atoms with van der Waals surface area (Å²) in [4.78, 5) is 16.2. The second-order valence-corrected chi connectivity index (χ2v) is 6.41. The zero-order valence-electron chi connectivity index (χ0n) is 12.5. The summed E-state index contributed by atoms with van der Waals surface area (Å²) in [6, 6.07) is 4.09. The van der Waals surface area contributed by atoms with Gasteiger partial charge in [-0.2, -0.15) is 0 Å². The van der Waals surface area contributed by atoms with Gasteiger partial charge in [0.15, 0.2) is 0 Å². The van der Waals surface area contributed by atoms with E-state index in [9.17, 15) is 4.79 Å². The highest BCUT2D eigenvalue weighted by atomic mass is 32.1. The van der Waals surface area contributed by atoms with Crippen molar-refractivity contribution in [2.24, 2.45) is 5.73 Å². The van der Waals surface area contributed by atoms with Gasteiger partial charge < -0.3 is 11.1 Å². The van der Waals surface area contributed by atoms with E-state index in [1.54, 1.807) is 0 Å². The fourth-order valence-corrected chi connectivity index (χ4v) is 3.28. The number of rotatable bonds is 4. The van der Waals surface area contributed by atoms with Crippen molar-refractivity contribution in [2.75, 3.05) is 26.2 Å². The first-order valence-corrected chi connectivity index (χ1v) is 8.33. The number of thiophene rings is 1. The molecule has 5 heteroatoms. The van der Waals surface area contributed by atoms with Gasteiger partial charge in [0.25, 0.3) is 5.91 Å². The topological polar surface area (TPSA) is 58.4 Å². The summed E-state index contributed by atoms with van der Waals surface area (Å²) >= 11 is 1.41. The van der Waals surface area contributed by atoms with Gasteiger partial charge in [0.05, 0.1) is 16.3 Å². The van der Waals surface area contributed by atoms with Gasteiger partial charge in [-0.3, -0.25) is 9.69 Å². The Labute approximate surface area is 130 Å². The number of carbonyl (C=O) groups is 1. The lowest BCUT2D eigenvalue weighted by atomic mass is 10.1. The fraction of sp³-hybridized carbons (Fsp3) is 0.562. The smallest absolute Gasteiger partial charge is 0.261 e. The average molecular weight is 305 g/mol. The second-order valence-electron chi connectivity index (χ2n) is 5.33. The van der Waals surface area contributed by atoms with Crippen molar-refractivity contribution in [2.45, 2.75) is 32.2 Å². The molecule has 1 atom stereocenters. The number of hydrogen-bond donors (Lipinski definition) is 2. The van der Waals surface area contributed by atoms with Crippen LogP contribution in [0.5, 0.6) is 0 Å². The summed E-state index contributed by atoms with van der Waals surface area (Å²) in [5, 5.41) is 3.02. The number of carbonyl (C=O) groups excluding carboxylic acids is 1. The van der Waals surface area contributed by atoms with Crippen molar-refractivity contribution in [1.29, 1.82) is 0 Å². The Hall–Kier alpha value is -1.35. The first kappa shape index (κ1) is 16.0. The van der Waals surface area contributed by atoms with Gasteiger partial charge in [-0.05, 0) is 45.0 Å². The van der Waals surface area contributed by atoms with Gasteiger partial charge >= 0.3 is 0 Å². The third kappa shape index (κ3) is 4.85. The number of nitrogens with one attached hydrogen (secondary N) is 1. The molecule has 2 heterocycles. The molecule has 21 heavy (non-hydrogen) atoms. The van der Waals surface area contributed by atoms with Crippen LogP contribution in [-0.4, -0.2) is 43.0 Å². The van der Waals surface area contributed by atoms with Gasteiger partial charge in [-0.1, -0.05) is 18.3 Å². The molecule has 1 aromatic rings. The lowest BCUT2D eigenvalue weighted by molar-refractivity contribution is 0.0934. The minimum Gasteiger partial charge on any atom is -0.350 e. The number of piperidine rings is 1. The molecule has 0 bridgehead atoms. The minimum absolute atomic E-state index is 0.00958. The molecule has 1 aromatic heterocycles. The molecule has 4 nitrogen and oxygen atoms in total. The third-order valence-electron chi connectivity index (χ3n) is 3.72. The predicted molar refractivity (Wildman–Crippen MR) is 87.5 cm³/mol. The van der Waals surface area contributed by atoms with E-state index in [0.717, 1.165) is 18.0 Å². The molecular weight excluding hydrogens is 282 g/mol. The maximum absolute atomic E-state index is 12.1. The van der Waals surface area contributed by atoms with Crippen LogP contribution in [0, 0.1) is 11.8 Å². The number of nitrogens with zero attached hydrogens (tertiary/aromatic N) is 1. The van der Waals surface area contributed by atoms with E-state index >= 15 is 0 Å². The molecule has 0 aromatic carbocycles. The van der Waals surface area contributed by atoms with Crippen molar-refractivity contribution in [1.82, 2.24) is 10.2 Å². The van der Waals surface area contributed by atoms with Crippen molar-refractivity contribution in [3.8, 4) is 11.8 Å². The third-order valence-corrected chi connectivity index (χ3v) is 4.71. The molecule has 0 spiro atoms. The minimum atomic E-state index is -0.00958. The van der Waals surface area contributed by atoms with Crippen LogP contribution >= 0.6 is 11.3 Å². The van der Waals surface area contributed by atoms with Crippen LogP contribution in [-0.2, 0) is 0 Å². The zero-order chi connectivity index (χ0) is 15.1. The number of likely N-dealkylation sites (tertiary alicyclic amines) is 1. The highest BCUT2D eigenvalue weighted by Crippen LogP contribution is 2.15. The maximum Gasteiger partial charge on any atom is 0.261 e.